The summed E-state index contributed by atoms with van der Waals surface area (Å²) in [6.07, 6.45) is -0.597. The lowest BCUT2D eigenvalue weighted by molar-refractivity contribution is -0.142. The summed E-state index contributed by atoms with van der Waals surface area (Å²) in [6.45, 7) is 12.3. The first kappa shape index (κ1) is 29.4. The van der Waals surface area contributed by atoms with Gasteiger partial charge in [0.25, 0.3) is 0 Å². The number of amides is 3. The number of carbonyl (C=O) groups excluding carboxylic acids is 3. The Morgan fingerprint density at radius 1 is 1.03 bits per heavy atom. The number of nitriles is 1. The molecule has 2 atom stereocenters. The van der Waals surface area contributed by atoms with Crippen LogP contribution >= 0.6 is 0 Å². The monoisotopic (exact) mass is 506 g/mol. The molecule has 198 valence electrons. The first-order valence-electron chi connectivity index (χ1n) is 12.4. The second kappa shape index (κ2) is 12.9. The Morgan fingerprint density at radius 2 is 1.68 bits per heavy atom. The van der Waals surface area contributed by atoms with Crippen molar-refractivity contribution in [2.75, 3.05) is 6.54 Å². The molecule has 0 aliphatic carbocycles. The van der Waals surface area contributed by atoms with Crippen LogP contribution in [0, 0.1) is 25.2 Å². The van der Waals surface area contributed by atoms with E-state index in [9.17, 15) is 19.6 Å². The number of rotatable bonds is 9. The van der Waals surface area contributed by atoms with Crippen LogP contribution in [0.3, 0.4) is 0 Å². The molecule has 8 nitrogen and oxygen atoms in total. The first-order chi connectivity index (χ1) is 17.3. The number of aryl methyl sites for hydroxylation is 2. The lowest BCUT2D eigenvalue weighted by Crippen LogP contribution is -2.54. The van der Waals surface area contributed by atoms with Gasteiger partial charge in [0, 0.05) is 12.5 Å². The van der Waals surface area contributed by atoms with E-state index in [-0.39, 0.29) is 19.0 Å². The van der Waals surface area contributed by atoms with Gasteiger partial charge < -0.3 is 20.3 Å². The Balaban J connectivity index is 2.57. The number of ether oxygens (including phenoxy) is 1. The normalized spacial score (nSPS) is 12.7. The summed E-state index contributed by atoms with van der Waals surface area (Å²) in [5.41, 5.74) is 2.39. The van der Waals surface area contributed by atoms with Crippen molar-refractivity contribution < 1.29 is 19.1 Å². The first-order valence-corrected chi connectivity index (χ1v) is 12.4. The zero-order valence-corrected chi connectivity index (χ0v) is 22.8. The molecule has 37 heavy (non-hydrogen) atoms. The van der Waals surface area contributed by atoms with Crippen LogP contribution in [0.5, 0.6) is 0 Å². The lowest BCUT2D eigenvalue weighted by atomic mass is 9.95. The van der Waals surface area contributed by atoms with Crippen LogP contribution in [0.2, 0.25) is 0 Å². The molecule has 0 fully saturated rings. The van der Waals surface area contributed by atoms with E-state index in [1.165, 1.54) is 4.90 Å². The molecule has 2 aromatic carbocycles. The molecular weight excluding hydrogens is 468 g/mol. The summed E-state index contributed by atoms with van der Waals surface area (Å²) < 4.78 is 5.41. The van der Waals surface area contributed by atoms with Crippen molar-refractivity contribution in [1.82, 2.24) is 15.5 Å². The van der Waals surface area contributed by atoms with Gasteiger partial charge in [-0.1, -0.05) is 54.1 Å². The van der Waals surface area contributed by atoms with E-state index in [1.807, 2.05) is 82.3 Å². The maximum Gasteiger partial charge on any atom is 0.408 e. The van der Waals surface area contributed by atoms with Gasteiger partial charge >= 0.3 is 6.09 Å². The van der Waals surface area contributed by atoms with E-state index >= 15 is 0 Å². The molecular formula is C29H38N4O4. The molecule has 0 aromatic heterocycles. The summed E-state index contributed by atoms with van der Waals surface area (Å²) in [4.78, 5) is 41.5. The number of benzene rings is 2. The average molecular weight is 507 g/mol. The fourth-order valence-electron chi connectivity index (χ4n) is 3.94. The van der Waals surface area contributed by atoms with Crippen molar-refractivity contribution in [3.8, 4) is 6.07 Å². The Morgan fingerprint density at radius 3 is 2.24 bits per heavy atom. The highest BCUT2D eigenvalue weighted by Crippen LogP contribution is 2.27. The summed E-state index contributed by atoms with van der Waals surface area (Å²) >= 11 is 0. The molecule has 2 N–H and O–H groups in total. The minimum Gasteiger partial charge on any atom is -0.444 e. The minimum absolute atomic E-state index is 0.159. The number of alkyl carbamates (subject to hydrolysis) is 1. The van der Waals surface area contributed by atoms with Gasteiger partial charge in [-0.25, -0.2) is 4.79 Å². The van der Waals surface area contributed by atoms with Crippen LogP contribution in [0.15, 0.2) is 48.5 Å². The molecule has 0 spiro atoms. The van der Waals surface area contributed by atoms with Gasteiger partial charge in [0.2, 0.25) is 11.8 Å². The second-order valence-electron chi connectivity index (χ2n) is 10.4. The van der Waals surface area contributed by atoms with Crippen LogP contribution in [0.25, 0.3) is 0 Å². The summed E-state index contributed by atoms with van der Waals surface area (Å²) in [7, 11) is 0. The number of nitrogens with zero attached hydrogens (tertiary/aromatic N) is 2. The Kier molecular flexibility index (Phi) is 10.2. The third-order valence-corrected chi connectivity index (χ3v) is 5.52. The number of carbonyl (C=O) groups is 3. The molecule has 2 unspecified atom stereocenters. The largest absolute Gasteiger partial charge is 0.444 e. The molecule has 0 aliphatic heterocycles. The Hall–Kier alpha value is -3.86. The van der Waals surface area contributed by atoms with Crippen molar-refractivity contribution >= 4 is 17.9 Å². The summed E-state index contributed by atoms with van der Waals surface area (Å²) in [6, 6.07) is 14.6. The molecule has 2 aromatic rings. The van der Waals surface area contributed by atoms with Crippen LogP contribution in [-0.2, 0) is 20.7 Å². The van der Waals surface area contributed by atoms with Gasteiger partial charge in [-0.3, -0.25) is 9.59 Å². The molecule has 0 radical (unpaired) electrons. The van der Waals surface area contributed by atoms with Crippen LogP contribution < -0.4 is 10.6 Å². The standard InChI is InChI=1S/C29H38N4O4/c1-19(2)31-26(34)25(23-17-20(3)13-14-21(23)4)33(16-15-30)27(35)24(18-22-11-9-8-10-12-22)32-28(36)37-29(5,6)7/h8-14,17,19,24-25H,16,18H2,1-7H3,(H,31,34)(H,32,36). The van der Waals surface area contributed by atoms with E-state index in [2.05, 4.69) is 10.6 Å². The molecule has 0 heterocycles. The second-order valence-corrected chi connectivity index (χ2v) is 10.4. The van der Waals surface area contributed by atoms with Gasteiger partial charge in [-0.2, -0.15) is 5.26 Å². The highest BCUT2D eigenvalue weighted by atomic mass is 16.6. The maximum atomic E-state index is 14.1. The molecule has 8 heteroatoms. The smallest absolute Gasteiger partial charge is 0.408 e. The molecule has 0 saturated heterocycles. The van der Waals surface area contributed by atoms with Crippen LogP contribution in [0.1, 0.15) is 62.9 Å². The molecule has 0 bridgehead atoms. The van der Waals surface area contributed by atoms with Gasteiger partial charge in [0.05, 0.1) is 6.07 Å². The van der Waals surface area contributed by atoms with E-state index in [0.717, 1.165) is 16.7 Å². The molecule has 2 rings (SSSR count). The molecule has 0 saturated carbocycles. The van der Waals surface area contributed by atoms with Crippen molar-refractivity contribution in [3.05, 3.63) is 70.8 Å². The van der Waals surface area contributed by atoms with Crippen molar-refractivity contribution in [2.24, 2.45) is 0 Å². The zero-order valence-electron chi connectivity index (χ0n) is 22.8. The maximum absolute atomic E-state index is 14.1. The predicted molar refractivity (Wildman–Crippen MR) is 143 cm³/mol. The van der Waals surface area contributed by atoms with E-state index in [0.29, 0.717) is 5.56 Å². The van der Waals surface area contributed by atoms with Gasteiger partial charge in [-0.05, 0) is 65.2 Å². The van der Waals surface area contributed by atoms with Gasteiger partial charge in [-0.15, -0.1) is 0 Å². The van der Waals surface area contributed by atoms with Crippen molar-refractivity contribution in [2.45, 2.75) is 78.6 Å². The van der Waals surface area contributed by atoms with E-state index in [1.54, 1.807) is 20.8 Å². The van der Waals surface area contributed by atoms with Crippen molar-refractivity contribution in [1.29, 1.82) is 5.26 Å². The van der Waals surface area contributed by atoms with Crippen molar-refractivity contribution in [3.63, 3.8) is 0 Å². The summed E-state index contributed by atoms with van der Waals surface area (Å²) in [5, 5.41) is 15.3. The summed E-state index contributed by atoms with van der Waals surface area (Å²) in [5.74, 6) is -0.955. The quantitative estimate of drug-likeness (QED) is 0.491. The highest BCUT2D eigenvalue weighted by molar-refractivity contribution is 5.92. The SMILES string of the molecule is Cc1ccc(C)c(C(C(=O)NC(C)C)N(CC#N)C(=O)C(Cc2ccccc2)NC(=O)OC(C)(C)C)c1. The van der Waals surface area contributed by atoms with E-state index in [4.69, 9.17) is 4.74 Å². The third kappa shape index (κ3) is 8.94. The Labute approximate surface area is 220 Å². The van der Waals surface area contributed by atoms with Crippen LogP contribution in [-0.4, -0.2) is 47.0 Å². The third-order valence-electron chi connectivity index (χ3n) is 5.52. The molecule has 3 amide bonds. The molecule has 0 aliphatic rings. The number of hydrogen-bond acceptors (Lipinski definition) is 5. The van der Waals surface area contributed by atoms with E-state index < -0.39 is 35.6 Å². The number of hydrogen-bond donors (Lipinski definition) is 2. The zero-order chi connectivity index (χ0) is 27.8. The minimum atomic E-state index is -1.06. The number of nitrogens with one attached hydrogen (secondary N) is 2. The lowest BCUT2D eigenvalue weighted by Gasteiger charge is -2.34. The predicted octanol–water partition coefficient (Wildman–Crippen LogP) is 4.36. The van der Waals surface area contributed by atoms with Gasteiger partial charge in [0.15, 0.2) is 0 Å². The fraction of sp³-hybridized carbons (Fsp3) is 0.448. The average Bonchev–Trinajstić information content (AvgIpc) is 2.79. The fourth-order valence-corrected chi connectivity index (χ4v) is 3.94. The van der Waals surface area contributed by atoms with Gasteiger partial charge in [0.1, 0.15) is 24.2 Å². The Bertz CT molecular complexity index is 1130. The van der Waals surface area contributed by atoms with Crippen LogP contribution in [0.4, 0.5) is 4.79 Å². The topological polar surface area (TPSA) is 112 Å². The highest BCUT2D eigenvalue weighted by Gasteiger charge is 2.37.